The van der Waals surface area contributed by atoms with Gasteiger partial charge in [0.1, 0.15) is 0 Å². The Labute approximate surface area is 205 Å². The van der Waals surface area contributed by atoms with Crippen LogP contribution >= 0.6 is 33.9 Å². The van der Waals surface area contributed by atoms with Crippen molar-refractivity contribution >= 4 is 55.3 Å². The average Bonchev–Trinajstić information content (AvgIpc) is 3.22. The zero-order chi connectivity index (χ0) is 24.2. The zero-order valence-electron chi connectivity index (χ0n) is 17.4. The van der Waals surface area contributed by atoms with Crippen LogP contribution in [0.5, 0.6) is 0 Å². The Balaban J connectivity index is 1.61. The van der Waals surface area contributed by atoms with Crippen LogP contribution in [-0.2, 0) is 4.74 Å². The Hall–Kier alpha value is -2.32. The van der Waals surface area contributed by atoms with Gasteiger partial charge in [-0.2, -0.15) is 13.2 Å². The van der Waals surface area contributed by atoms with E-state index in [0.29, 0.717) is 24.6 Å². The number of thiophene rings is 1. The number of nitrogens with one attached hydrogen (secondary N) is 2. The lowest BCUT2D eigenvalue weighted by Gasteiger charge is -2.35. The van der Waals surface area contributed by atoms with Crippen molar-refractivity contribution in [3.63, 3.8) is 0 Å². The molecule has 1 aromatic heterocycles. The number of ether oxygens (including phenoxy) is 1. The molecule has 2 heterocycles. The number of benzene rings is 1. The van der Waals surface area contributed by atoms with Crippen LogP contribution in [-0.4, -0.2) is 64.8 Å². The van der Waals surface area contributed by atoms with Gasteiger partial charge in [-0.15, -0.1) is 11.3 Å². The number of nitrogens with zero attached hydrogens (tertiary/aromatic N) is 2. The molecule has 1 atom stereocenters. The van der Waals surface area contributed by atoms with Gasteiger partial charge < -0.3 is 15.0 Å². The van der Waals surface area contributed by atoms with Crippen molar-refractivity contribution in [2.75, 3.05) is 26.3 Å². The largest absolute Gasteiger partial charge is 0.439 e. The van der Waals surface area contributed by atoms with Crippen LogP contribution in [0.1, 0.15) is 31.2 Å². The molecule has 1 unspecified atom stereocenters. The molecule has 0 saturated carbocycles. The van der Waals surface area contributed by atoms with Crippen molar-refractivity contribution < 1.29 is 27.5 Å². The third-order valence-corrected chi connectivity index (χ3v) is 6.68. The predicted octanol–water partition coefficient (Wildman–Crippen LogP) is 4.05. The lowest BCUT2D eigenvalue weighted by Crippen LogP contribution is -2.53. The molecule has 0 spiro atoms. The van der Waals surface area contributed by atoms with Gasteiger partial charge in [-0.3, -0.25) is 15.0 Å². The standard InChI is InChI=1S/C21H20F3IN4O3S/c1-12-8-16(33-11-12)19(31)29-6-7-32-10-15(29)9-27-18(30)14-4-2-13(3-5-14)17(26)28-20(25)21(22,23)24/h2-5,8,11,15,26H,6-7,9-10H2,1H3,(H,27,30). The van der Waals surface area contributed by atoms with Crippen LogP contribution in [0.4, 0.5) is 13.2 Å². The van der Waals surface area contributed by atoms with Gasteiger partial charge in [-0.25, -0.2) is 4.99 Å². The van der Waals surface area contributed by atoms with E-state index < -0.39 is 21.6 Å². The van der Waals surface area contributed by atoms with Crippen LogP contribution in [0.15, 0.2) is 40.7 Å². The number of morpholine rings is 1. The van der Waals surface area contributed by atoms with E-state index in [1.807, 2.05) is 18.4 Å². The minimum Gasteiger partial charge on any atom is -0.377 e. The SMILES string of the molecule is Cc1csc(C(=O)N2CCOCC2CNC(=O)c2ccc(C(=N)N=C(I)C(F)(F)F)cc2)c1. The highest BCUT2D eigenvalue weighted by atomic mass is 127. The van der Waals surface area contributed by atoms with Gasteiger partial charge in [-0.1, -0.05) is 12.1 Å². The lowest BCUT2D eigenvalue weighted by molar-refractivity contribution is -0.0544. The molecular weight excluding hydrogens is 572 g/mol. The molecule has 7 nitrogen and oxygen atoms in total. The molecular formula is C21H20F3IN4O3S. The first-order chi connectivity index (χ1) is 15.6. The highest BCUT2D eigenvalue weighted by Crippen LogP contribution is 2.22. The number of amides is 2. The van der Waals surface area contributed by atoms with Gasteiger partial charge in [0.15, 0.2) is 9.55 Å². The Kier molecular flexibility index (Phi) is 8.23. The van der Waals surface area contributed by atoms with Gasteiger partial charge >= 0.3 is 6.18 Å². The summed E-state index contributed by atoms with van der Waals surface area (Å²) in [4.78, 5) is 31.0. The van der Waals surface area contributed by atoms with E-state index in [2.05, 4.69) is 10.3 Å². The van der Waals surface area contributed by atoms with E-state index in [9.17, 15) is 22.8 Å². The molecule has 2 aromatic rings. The van der Waals surface area contributed by atoms with E-state index >= 15 is 0 Å². The molecule has 1 fully saturated rings. The maximum absolute atomic E-state index is 12.8. The van der Waals surface area contributed by atoms with Crippen LogP contribution in [0.25, 0.3) is 0 Å². The molecule has 0 radical (unpaired) electrons. The Morgan fingerprint density at radius 1 is 1.30 bits per heavy atom. The maximum Gasteiger partial charge on any atom is 0.439 e. The Morgan fingerprint density at radius 3 is 2.58 bits per heavy atom. The molecule has 12 heteroatoms. The van der Waals surface area contributed by atoms with E-state index in [1.165, 1.54) is 35.6 Å². The minimum atomic E-state index is -4.62. The number of alkyl halides is 3. The maximum atomic E-state index is 12.8. The van der Waals surface area contributed by atoms with Crippen molar-refractivity contribution in [1.29, 1.82) is 5.41 Å². The fourth-order valence-electron chi connectivity index (χ4n) is 3.09. The number of rotatable bonds is 5. The Bertz CT molecular complexity index is 1070. The number of carbonyl (C=O) groups is 2. The fourth-order valence-corrected chi connectivity index (χ4v) is 4.19. The average molecular weight is 592 g/mol. The smallest absolute Gasteiger partial charge is 0.377 e. The number of amidine groups is 1. The van der Waals surface area contributed by atoms with Crippen molar-refractivity contribution in [3.8, 4) is 0 Å². The topological polar surface area (TPSA) is 94.9 Å². The molecule has 1 aliphatic rings. The molecule has 1 aromatic carbocycles. The summed E-state index contributed by atoms with van der Waals surface area (Å²) in [5.74, 6) is -1.07. The second-order valence-electron chi connectivity index (χ2n) is 7.25. The van der Waals surface area contributed by atoms with Gasteiger partial charge in [0, 0.05) is 24.2 Å². The molecule has 33 heavy (non-hydrogen) atoms. The van der Waals surface area contributed by atoms with Crippen molar-refractivity contribution in [1.82, 2.24) is 10.2 Å². The molecule has 176 valence electrons. The second-order valence-corrected chi connectivity index (χ2v) is 9.18. The molecule has 2 amide bonds. The lowest BCUT2D eigenvalue weighted by atomic mass is 10.1. The quantitative estimate of drug-likeness (QED) is 0.312. The zero-order valence-corrected chi connectivity index (χ0v) is 20.4. The highest BCUT2D eigenvalue weighted by Gasteiger charge is 2.34. The van der Waals surface area contributed by atoms with Gasteiger partial charge in [-0.05, 0) is 58.7 Å². The normalized spacial score (nSPS) is 17.1. The summed E-state index contributed by atoms with van der Waals surface area (Å²) in [7, 11) is 0. The predicted molar refractivity (Wildman–Crippen MR) is 128 cm³/mol. The summed E-state index contributed by atoms with van der Waals surface area (Å²) in [5, 5.41) is 12.4. The molecule has 0 bridgehead atoms. The second kappa shape index (κ2) is 10.7. The summed E-state index contributed by atoms with van der Waals surface area (Å²) in [6, 6.07) is 7.04. The molecule has 1 aliphatic heterocycles. The van der Waals surface area contributed by atoms with Gasteiger partial charge in [0.05, 0.1) is 24.1 Å². The summed E-state index contributed by atoms with van der Waals surface area (Å²) < 4.78 is 42.1. The van der Waals surface area contributed by atoms with Crippen LogP contribution < -0.4 is 5.32 Å². The van der Waals surface area contributed by atoms with E-state index in [-0.39, 0.29) is 29.6 Å². The summed E-state index contributed by atoms with van der Waals surface area (Å²) in [6.45, 7) is 3.23. The van der Waals surface area contributed by atoms with E-state index in [1.54, 1.807) is 4.90 Å². The van der Waals surface area contributed by atoms with Crippen molar-refractivity contribution in [3.05, 3.63) is 57.3 Å². The number of hydrogen-bond acceptors (Lipinski definition) is 5. The number of aryl methyl sites for hydroxylation is 1. The first-order valence-electron chi connectivity index (χ1n) is 9.78. The monoisotopic (exact) mass is 592 g/mol. The van der Waals surface area contributed by atoms with Crippen LogP contribution in [0, 0.1) is 12.3 Å². The third-order valence-electron chi connectivity index (χ3n) is 4.79. The molecule has 0 aliphatic carbocycles. The molecule has 1 saturated heterocycles. The van der Waals surface area contributed by atoms with Crippen LogP contribution in [0.2, 0.25) is 0 Å². The minimum absolute atomic E-state index is 0.104. The van der Waals surface area contributed by atoms with E-state index in [4.69, 9.17) is 10.1 Å². The van der Waals surface area contributed by atoms with Crippen molar-refractivity contribution in [2.45, 2.75) is 19.1 Å². The van der Waals surface area contributed by atoms with Gasteiger partial charge in [0.2, 0.25) is 0 Å². The number of aliphatic imine (C=N–C) groups is 1. The molecule has 2 N–H and O–H groups in total. The summed E-state index contributed by atoms with van der Waals surface area (Å²) in [5.41, 5.74) is 1.43. The summed E-state index contributed by atoms with van der Waals surface area (Å²) >= 11 is 2.41. The summed E-state index contributed by atoms with van der Waals surface area (Å²) in [6.07, 6.45) is -4.62. The first-order valence-corrected chi connectivity index (χ1v) is 11.7. The number of hydrogen-bond donors (Lipinski definition) is 2. The van der Waals surface area contributed by atoms with Gasteiger partial charge in [0.25, 0.3) is 11.8 Å². The Morgan fingerprint density at radius 2 is 1.97 bits per heavy atom. The third kappa shape index (κ3) is 6.60. The van der Waals surface area contributed by atoms with Crippen LogP contribution in [0.3, 0.4) is 0 Å². The first kappa shape index (κ1) is 25.3. The van der Waals surface area contributed by atoms with E-state index in [0.717, 1.165) is 28.2 Å². The number of halogens is 4. The fraction of sp³-hybridized carbons (Fsp3) is 0.333. The highest BCUT2D eigenvalue weighted by molar-refractivity contribution is 14.1. The molecule has 3 rings (SSSR count). The number of carbonyl (C=O) groups excluding carboxylic acids is 2. The van der Waals surface area contributed by atoms with Crippen molar-refractivity contribution in [2.24, 2.45) is 4.99 Å².